The van der Waals surface area contributed by atoms with Gasteiger partial charge in [-0.2, -0.15) is 0 Å². The molecule has 2 aliphatic rings. The molecule has 1 saturated carbocycles. The highest BCUT2D eigenvalue weighted by atomic mass is 16.5. The Bertz CT molecular complexity index is 419. The van der Waals surface area contributed by atoms with Gasteiger partial charge in [-0.15, -0.1) is 0 Å². The van der Waals surface area contributed by atoms with Gasteiger partial charge in [0.2, 0.25) is 0 Å². The number of ether oxygens (including phenoxy) is 1. The van der Waals surface area contributed by atoms with Crippen LogP contribution in [0.2, 0.25) is 0 Å². The van der Waals surface area contributed by atoms with Gasteiger partial charge in [0.25, 0.3) is 0 Å². The van der Waals surface area contributed by atoms with Crippen molar-refractivity contribution < 1.29 is 4.74 Å². The Kier molecular flexibility index (Phi) is 3.31. The number of hydrogen-bond donors (Lipinski definition) is 1. The first kappa shape index (κ1) is 12.1. The van der Waals surface area contributed by atoms with E-state index in [0.717, 1.165) is 30.3 Å². The van der Waals surface area contributed by atoms with Crippen LogP contribution < -0.4 is 5.32 Å². The molecule has 1 N–H and O–H groups in total. The molecule has 0 spiro atoms. The largest absolute Gasteiger partial charge is 0.376 e. The lowest BCUT2D eigenvalue weighted by molar-refractivity contribution is 0.0791. The molecule has 1 saturated heterocycles. The number of nitrogens with one attached hydrogen (secondary N) is 1. The summed E-state index contributed by atoms with van der Waals surface area (Å²) < 4.78 is 5.86. The molecule has 0 aromatic carbocycles. The van der Waals surface area contributed by atoms with Crippen LogP contribution in [-0.4, -0.2) is 28.7 Å². The van der Waals surface area contributed by atoms with Crippen LogP contribution >= 0.6 is 0 Å². The normalized spacial score (nSPS) is 29.4. The van der Waals surface area contributed by atoms with Crippen molar-refractivity contribution in [3.63, 3.8) is 0 Å². The molecule has 1 aromatic rings. The molecule has 1 aliphatic heterocycles. The molecule has 0 amide bonds. The minimum Gasteiger partial charge on any atom is -0.376 e. The lowest BCUT2D eigenvalue weighted by atomic mass is 10.0. The molecule has 3 atom stereocenters. The van der Waals surface area contributed by atoms with Crippen molar-refractivity contribution in [2.24, 2.45) is 5.92 Å². The average Bonchev–Trinajstić information content (AvgIpc) is 3.11. The van der Waals surface area contributed by atoms with E-state index < -0.39 is 0 Å². The van der Waals surface area contributed by atoms with Gasteiger partial charge in [0.05, 0.1) is 17.5 Å². The van der Waals surface area contributed by atoms with E-state index >= 15 is 0 Å². The maximum Gasteiger partial charge on any atom is 0.0782 e. The van der Waals surface area contributed by atoms with Gasteiger partial charge in [-0.05, 0) is 39.0 Å². The van der Waals surface area contributed by atoms with Crippen molar-refractivity contribution in [3.05, 3.63) is 23.8 Å². The summed E-state index contributed by atoms with van der Waals surface area (Å²) in [7, 11) is 0. The fourth-order valence-electron chi connectivity index (χ4n) is 2.92. The van der Waals surface area contributed by atoms with E-state index in [9.17, 15) is 0 Å². The van der Waals surface area contributed by atoms with Crippen LogP contribution in [0, 0.1) is 12.8 Å². The molecule has 2 fully saturated rings. The van der Waals surface area contributed by atoms with Gasteiger partial charge >= 0.3 is 0 Å². The third-order valence-electron chi connectivity index (χ3n) is 4.02. The molecule has 1 aromatic heterocycles. The summed E-state index contributed by atoms with van der Waals surface area (Å²) in [5.41, 5.74) is 2.07. The van der Waals surface area contributed by atoms with E-state index in [4.69, 9.17) is 4.74 Å². The maximum atomic E-state index is 5.86. The van der Waals surface area contributed by atoms with Crippen molar-refractivity contribution in [1.82, 2.24) is 15.3 Å². The monoisotopic (exact) mass is 247 g/mol. The van der Waals surface area contributed by atoms with E-state index in [1.165, 1.54) is 12.8 Å². The van der Waals surface area contributed by atoms with Crippen LogP contribution in [-0.2, 0) is 4.74 Å². The molecule has 18 heavy (non-hydrogen) atoms. The Morgan fingerprint density at radius 1 is 1.28 bits per heavy atom. The second kappa shape index (κ2) is 4.94. The zero-order chi connectivity index (χ0) is 12.5. The van der Waals surface area contributed by atoms with Crippen LogP contribution in [0.4, 0.5) is 0 Å². The third kappa shape index (κ3) is 2.40. The van der Waals surface area contributed by atoms with E-state index in [2.05, 4.69) is 22.2 Å². The van der Waals surface area contributed by atoms with Gasteiger partial charge in [-0.3, -0.25) is 9.97 Å². The highest BCUT2D eigenvalue weighted by molar-refractivity contribution is 5.13. The van der Waals surface area contributed by atoms with Crippen LogP contribution in [0.3, 0.4) is 0 Å². The van der Waals surface area contributed by atoms with Gasteiger partial charge in [0, 0.05) is 31.1 Å². The summed E-state index contributed by atoms with van der Waals surface area (Å²) in [5.74, 6) is 0.792. The Morgan fingerprint density at radius 3 is 2.78 bits per heavy atom. The van der Waals surface area contributed by atoms with Crippen LogP contribution in [0.1, 0.15) is 43.6 Å². The first-order chi connectivity index (χ1) is 8.75. The van der Waals surface area contributed by atoms with Crippen molar-refractivity contribution in [1.29, 1.82) is 0 Å². The van der Waals surface area contributed by atoms with Crippen LogP contribution in [0.15, 0.2) is 12.4 Å². The lowest BCUT2D eigenvalue weighted by Gasteiger charge is -2.24. The second-order valence-electron chi connectivity index (χ2n) is 5.48. The highest BCUT2D eigenvalue weighted by Crippen LogP contribution is 2.39. The topological polar surface area (TPSA) is 47.0 Å². The van der Waals surface area contributed by atoms with E-state index in [-0.39, 0.29) is 6.04 Å². The number of rotatable bonds is 4. The third-order valence-corrected chi connectivity index (χ3v) is 4.02. The predicted molar refractivity (Wildman–Crippen MR) is 69.2 cm³/mol. The molecule has 4 heteroatoms. The molecule has 1 aliphatic carbocycles. The Morgan fingerprint density at radius 2 is 2.06 bits per heavy atom. The molecule has 0 radical (unpaired) electrons. The first-order valence-corrected chi connectivity index (χ1v) is 6.91. The first-order valence-electron chi connectivity index (χ1n) is 6.91. The minimum absolute atomic E-state index is 0.242. The Labute approximate surface area is 108 Å². The molecule has 98 valence electrons. The molecule has 3 unspecified atom stereocenters. The molecule has 0 bridgehead atoms. The molecule has 2 heterocycles. The molecular formula is C14H21N3O. The molecule has 4 nitrogen and oxygen atoms in total. The zero-order valence-corrected chi connectivity index (χ0v) is 11.1. The van der Waals surface area contributed by atoms with Gasteiger partial charge in [0.1, 0.15) is 0 Å². The summed E-state index contributed by atoms with van der Waals surface area (Å²) in [5, 5.41) is 3.68. The van der Waals surface area contributed by atoms with E-state index in [0.29, 0.717) is 12.1 Å². The van der Waals surface area contributed by atoms with Crippen molar-refractivity contribution in [2.45, 2.75) is 51.3 Å². The number of aromatic nitrogens is 2. The number of hydrogen-bond acceptors (Lipinski definition) is 4. The summed E-state index contributed by atoms with van der Waals surface area (Å²) in [4.78, 5) is 8.75. The zero-order valence-electron chi connectivity index (χ0n) is 11.1. The predicted octanol–water partition coefficient (Wildman–Crippen LogP) is 2.00. The second-order valence-corrected chi connectivity index (χ2v) is 5.48. The summed E-state index contributed by atoms with van der Waals surface area (Å²) >= 11 is 0. The number of aryl methyl sites for hydroxylation is 1. The van der Waals surface area contributed by atoms with Crippen LogP contribution in [0.25, 0.3) is 0 Å². The van der Waals surface area contributed by atoms with Crippen LogP contribution in [0.5, 0.6) is 0 Å². The molecule has 3 rings (SSSR count). The summed E-state index contributed by atoms with van der Waals surface area (Å²) in [6.07, 6.45) is 7.72. The van der Waals surface area contributed by atoms with Crippen molar-refractivity contribution in [3.8, 4) is 0 Å². The van der Waals surface area contributed by atoms with Gasteiger partial charge in [0.15, 0.2) is 0 Å². The minimum atomic E-state index is 0.242. The van der Waals surface area contributed by atoms with E-state index in [1.54, 1.807) is 12.4 Å². The SMILES string of the molecule is Cc1nccnc1C(C)NC1CCOC1C1CC1. The molecular weight excluding hydrogens is 226 g/mol. The summed E-state index contributed by atoms with van der Waals surface area (Å²) in [6.45, 7) is 5.08. The Balaban J connectivity index is 1.66. The standard InChI is InChI=1S/C14H21N3O/c1-9-13(16-7-6-15-9)10(2)17-12-5-8-18-14(12)11-3-4-11/h6-7,10-12,14,17H,3-5,8H2,1-2H3. The van der Waals surface area contributed by atoms with Crippen molar-refractivity contribution >= 4 is 0 Å². The van der Waals surface area contributed by atoms with E-state index in [1.807, 2.05) is 6.92 Å². The van der Waals surface area contributed by atoms with Gasteiger partial charge < -0.3 is 10.1 Å². The van der Waals surface area contributed by atoms with Gasteiger partial charge in [-0.25, -0.2) is 0 Å². The highest BCUT2D eigenvalue weighted by Gasteiger charge is 2.41. The Hall–Kier alpha value is -1.00. The fraction of sp³-hybridized carbons (Fsp3) is 0.714. The fourth-order valence-corrected chi connectivity index (χ4v) is 2.92. The quantitative estimate of drug-likeness (QED) is 0.884. The number of nitrogens with zero attached hydrogens (tertiary/aromatic N) is 2. The van der Waals surface area contributed by atoms with Crippen molar-refractivity contribution in [2.75, 3.05) is 6.61 Å². The maximum absolute atomic E-state index is 5.86. The average molecular weight is 247 g/mol. The smallest absolute Gasteiger partial charge is 0.0782 e. The van der Waals surface area contributed by atoms with Gasteiger partial charge in [-0.1, -0.05) is 0 Å². The summed E-state index contributed by atoms with van der Waals surface area (Å²) in [6, 6.07) is 0.723. The lowest BCUT2D eigenvalue weighted by Crippen LogP contribution is -2.39.